The van der Waals surface area contributed by atoms with E-state index in [9.17, 15) is 8.42 Å². The molecule has 0 N–H and O–H groups in total. The molecule has 0 saturated carbocycles. The van der Waals surface area contributed by atoms with Gasteiger partial charge in [-0.05, 0) is 32.5 Å². The van der Waals surface area contributed by atoms with Crippen LogP contribution in [0.5, 0.6) is 0 Å². The molecule has 0 bridgehead atoms. The van der Waals surface area contributed by atoms with E-state index in [0.717, 1.165) is 25.9 Å². The normalized spacial score (nSPS) is 21.4. The van der Waals surface area contributed by atoms with Crippen molar-refractivity contribution in [2.24, 2.45) is 0 Å². The fourth-order valence-electron chi connectivity index (χ4n) is 2.34. The number of likely N-dealkylation sites (N-methyl/N-ethyl adjacent to an activating group) is 2. The van der Waals surface area contributed by atoms with Gasteiger partial charge in [0, 0.05) is 25.8 Å². The van der Waals surface area contributed by atoms with Crippen molar-refractivity contribution in [1.82, 2.24) is 14.2 Å². The molecule has 1 unspecified atom stereocenters. The Kier molecular flexibility index (Phi) is 4.92. The summed E-state index contributed by atoms with van der Waals surface area (Å²) in [5, 5.41) is 0.243. The molecule has 0 spiro atoms. The number of aromatic nitrogens is 1. The molecule has 1 saturated heterocycles. The first-order chi connectivity index (χ1) is 9.32. The predicted molar refractivity (Wildman–Crippen MR) is 79.7 cm³/mol. The summed E-state index contributed by atoms with van der Waals surface area (Å²) in [5.74, 6) is 0. The molecule has 0 radical (unpaired) electrons. The molecule has 1 aliphatic heterocycles. The molecule has 1 aliphatic rings. The maximum Gasteiger partial charge on any atom is 0.244 e. The summed E-state index contributed by atoms with van der Waals surface area (Å²) < 4.78 is 26.5. The van der Waals surface area contributed by atoms with Crippen LogP contribution in [0.1, 0.15) is 12.8 Å². The van der Waals surface area contributed by atoms with Crippen LogP contribution >= 0.6 is 23.2 Å². The van der Waals surface area contributed by atoms with Gasteiger partial charge in [0.2, 0.25) is 10.0 Å². The van der Waals surface area contributed by atoms with Crippen LogP contribution in [-0.2, 0) is 10.0 Å². The van der Waals surface area contributed by atoms with Crippen LogP contribution < -0.4 is 0 Å². The molecule has 8 heteroatoms. The lowest BCUT2D eigenvalue weighted by Gasteiger charge is -2.35. The summed E-state index contributed by atoms with van der Waals surface area (Å²) >= 11 is 11.6. The Morgan fingerprint density at radius 2 is 2.15 bits per heavy atom. The molecular formula is C12H17Cl2N3O2S. The highest BCUT2D eigenvalue weighted by Gasteiger charge is 2.31. The Morgan fingerprint density at radius 1 is 1.45 bits per heavy atom. The Morgan fingerprint density at radius 3 is 2.75 bits per heavy atom. The van der Waals surface area contributed by atoms with E-state index in [0.29, 0.717) is 0 Å². The summed E-state index contributed by atoms with van der Waals surface area (Å²) in [6, 6.07) is 1.31. The van der Waals surface area contributed by atoms with Gasteiger partial charge in [0.15, 0.2) is 0 Å². The average molecular weight is 338 g/mol. The van der Waals surface area contributed by atoms with Crippen LogP contribution in [0.25, 0.3) is 0 Å². The van der Waals surface area contributed by atoms with Gasteiger partial charge < -0.3 is 4.90 Å². The Hall–Kier alpha value is -0.400. The van der Waals surface area contributed by atoms with E-state index in [2.05, 4.69) is 9.88 Å². The summed E-state index contributed by atoms with van der Waals surface area (Å²) in [6.07, 6.45) is 3.09. The number of sulfonamides is 1. The van der Waals surface area contributed by atoms with Crippen LogP contribution in [0, 0.1) is 0 Å². The van der Waals surface area contributed by atoms with E-state index in [4.69, 9.17) is 23.2 Å². The number of nitrogens with zero attached hydrogens (tertiary/aromatic N) is 3. The third-order valence-corrected chi connectivity index (χ3v) is 6.12. The number of halogens is 2. The second-order valence-corrected chi connectivity index (χ2v) is 7.79. The van der Waals surface area contributed by atoms with E-state index in [-0.39, 0.29) is 21.1 Å². The zero-order chi connectivity index (χ0) is 14.9. The number of hydrogen-bond donors (Lipinski definition) is 0. The zero-order valence-electron chi connectivity index (χ0n) is 11.4. The number of rotatable bonds is 3. The standard InChI is InChI=1S/C12H17Cl2N3O2S/c1-16-5-3-4-9(8-16)17(2)20(18,19)10-6-11(13)12(14)15-7-10/h6-7,9H,3-5,8H2,1-2H3. The number of likely N-dealkylation sites (tertiary alicyclic amines) is 1. The lowest BCUT2D eigenvalue weighted by atomic mass is 10.1. The zero-order valence-corrected chi connectivity index (χ0v) is 13.7. The summed E-state index contributed by atoms with van der Waals surface area (Å²) in [7, 11) is -0.00795. The summed E-state index contributed by atoms with van der Waals surface area (Å²) in [5.41, 5.74) is 0. The van der Waals surface area contributed by atoms with E-state index < -0.39 is 10.0 Å². The molecule has 0 amide bonds. The number of pyridine rings is 1. The number of hydrogen-bond acceptors (Lipinski definition) is 4. The van der Waals surface area contributed by atoms with Gasteiger partial charge in [-0.3, -0.25) is 0 Å². The average Bonchev–Trinajstić information content (AvgIpc) is 2.40. The van der Waals surface area contributed by atoms with Gasteiger partial charge in [-0.1, -0.05) is 23.2 Å². The minimum Gasteiger partial charge on any atom is -0.305 e. The molecule has 1 aromatic rings. The topological polar surface area (TPSA) is 53.5 Å². The highest BCUT2D eigenvalue weighted by atomic mass is 35.5. The Bertz CT molecular complexity index is 594. The highest BCUT2D eigenvalue weighted by molar-refractivity contribution is 7.89. The van der Waals surface area contributed by atoms with Crippen molar-refractivity contribution < 1.29 is 8.42 Å². The molecule has 1 atom stereocenters. The third-order valence-electron chi connectivity index (χ3n) is 3.56. The van der Waals surface area contributed by atoms with Crippen LogP contribution in [0.15, 0.2) is 17.2 Å². The number of piperidine rings is 1. The van der Waals surface area contributed by atoms with Crippen molar-refractivity contribution >= 4 is 33.2 Å². The van der Waals surface area contributed by atoms with Gasteiger partial charge >= 0.3 is 0 Å². The quantitative estimate of drug-likeness (QED) is 0.792. The maximum absolute atomic E-state index is 12.6. The molecule has 5 nitrogen and oxygen atoms in total. The smallest absolute Gasteiger partial charge is 0.244 e. The second-order valence-electron chi connectivity index (χ2n) is 5.02. The van der Waals surface area contributed by atoms with Crippen LogP contribution in [-0.4, -0.2) is 55.8 Å². The molecule has 2 heterocycles. The van der Waals surface area contributed by atoms with Crippen LogP contribution in [0.4, 0.5) is 0 Å². The fourth-order valence-corrected chi connectivity index (χ4v) is 4.03. The van der Waals surface area contributed by atoms with Crippen molar-refractivity contribution in [1.29, 1.82) is 0 Å². The van der Waals surface area contributed by atoms with Crippen molar-refractivity contribution in [3.05, 3.63) is 22.4 Å². The van der Waals surface area contributed by atoms with Crippen LogP contribution in [0.2, 0.25) is 10.2 Å². The SMILES string of the molecule is CN1CCCC(N(C)S(=O)(=O)c2cnc(Cl)c(Cl)c2)C1. The predicted octanol–water partition coefficient (Wildman–Crippen LogP) is 2.10. The van der Waals surface area contributed by atoms with Crippen LogP contribution in [0.3, 0.4) is 0 Å². The van der Waals surface area contributed by atoms with Gasteiger partial charge in [0.25, 0.3) is 0 Å². The lowest BCUT2D eigenvalue weighted by molar-refractivity contribution is 0.187. The minimum atomic E-state index is -3.60. The molecule has 112 valence electrons. The van der Waals surface area contributed by atoms with Crippen molar-refractivity contribution in [2.45, 2.75) is 23.8 Å². The second kappa shape index (κ2) is 6.15. The Balaban J connectivity index is 2.26. The lowest BCUT2D eigenvalue weighted by Crippen LogP contribution is -2.47. The largest absolute Gasteiger partial charge is 0.305 e. The van der Waals surface area contributed by atoms with E-state index in [1.54, 1.807) is 7.05 Å². The first-order valence-electron chi connectivity index (χ1n) is 6.30. The van der Waals surface area contributed by atoms with Gasteiger partial charge in [-0.25, -0.2) is 13.4 Å². The molecule has 0 aromatic carbocycles. The van der Waals surface area contributed by atoms with Crippen molar-refractivity contribution in [2.75, 3.05) is 27.2 Å². The highest BCUT2D eigenvalue weighted by Crippen LogP contribution is 2.26. The molecule has 1 fully saturated rings. The third kappa shape index (κ3) is 3.26. The molecule has 1 aromatic heterocycles. The van der Waals surface area contributed by atoms with Gasteiger partial charge in [0.05, 0.1) is 5.02 Å². The first-order valence-corrected chi connectivity index (χ1v) is 8.49. The first kappa shape index (κ1) is 16.0. The Labute approximate surface area is 129 Å². The fraction of sp³-hybridized carbons (Fsp3) is 0.583. The van der Waals surface area contributed by atoms with E-state index >= 15 is 0 Å². The molecule has 20 heavy (non-hydrogen) atoms. The molecule has 2 rings (SSSR count). The summed E-state index contributed by atoms with van der Waals surface area (Å²) in [6.45, 7) is 1.73. The van der Waals surface area contributed by atoms with Gasteiger partial charge in [0.1, 0.15) is 10.0 Å². The molecule has 0 aliphatic carbocycles. The minimum absolute atomic E-state index is 0.0341. The van der Waals surface area contributed by atoms with Crippen molar-refractivity contribution in [3.63, 3.8) is 0 Å². The van der Waals surface area contributed by atoms with Crippen molar-refractivity contribution in [3.8, 4) is 0 Å². The van der Waals surface area contributed by atoms with Gasteiger partial charge in [-0.2, -0.15) is 4.31 Å². The summed E-state index contributed by atoms with van der Waals surface area (Å²) in [4.78, 5) is 6.01. The van der Waals surface area contributed by atoms with E-state index in [1.165, 1.54) is 16.6 Å². The molecular weight excluding hydrogens is 321 g/mol. The monoisotopic (exact) mass is 337 g/mol. The maximum atomic E-state index is 12.6. The van der Waals surface area contributed by atoms with Gasteiger partial charge in [-0.15, -0.1) is 0 Å². The van der Waals surface area contributed by atoms with E-state index in [1.807, 2.05) is 7.05 Å².